The summed E-state index contributed by atoms with van der Waals surface area (Å²) in [6.45, 7) is 0. The van der Waals surface area contributed by atoms with Gasteiger partial charge in [-0.1, -0.05) is 118 Å². The monoisotopic (exact) mass is 831 g/mol. The number of hydrogen-bond acceptors (Lipinski definition) is 5. The van der Waals surface area contributed by atoms with Crippen LogP contribution in [0.3, 0.4) is 0 Å². The zero-order valence-electron chi connectivity index (χ0n) is 33.2. The Kier molecular flexibility index (Phi) is 11.6. The maximum absolute atomic E-state index is 14.7. The van der Waals surface area contributed by atoms with Crippen LogP contribution in [0.1, 0.15) is 142 Å². The molecule has 1 aliphatic heterocycles. The fourth-order valence-corrected chi connectivity index (χ4v) is 15.5. The molecule has 3 fully saturated rings. The van der Waals surface area contributed by atoms with Crippen molar-refractivity contribution >= 4 is 30.9 Å². The van der Waals surface area contributed by atoms with Gasteiger partial charge in [-0.15, -0.1) is 0 Å². The average molecular weight is 832 g/mol. The van der Waals surface area contributed by atoms with Gasteiger partial charge in [-0.2, -0.15) is 0 Å². The highest BCUT2D eigenvalue weighted by molar-refractivity contribution is 8.12. The van der Waals surface area contributed by atoms with E-state index < -0.39 is 20.0 Å². The van der Waals surface area contributed by atoms with E-state index in [-0.39, 0.29) is 32.5 Å². The standard InChI is InChI=1S/C49H53NO5S3/c51-57(52,42-28-25-35(26-29-42)31-36-27-30-46-48(32-36)56(41-21-11-4-12-22-41)47-24-14-13-23-45(47)55-46)50-58(53,54)49-43(38-17-7-2-8-18-38)33-40(37-15-5-1-6-16-37)34-44(49)39-19-9-3-10-20-39/h4,11-14,21-30,32-34,37-39H,1-3,5-10,15-20,31H2. The first kappa shape index (κ1) is 39.6. The van der Waals surface area contributed by atoms with Gasteiger partial charge >= 0.3 is 0 Å². The molecule has 3 saturated carbocycles. The first-order chi connectivity index (χ1) is 28.2. The van der Waals surface area contributed by atoms with Gasteiger partial charge in [0.05, 0.1) is 4.90 Å². The van der Waals surface area contributed by atoms with Gasteiger partial charge in [0, 0.05) is 11.0 Å². The van der Waals surface area contributed by atoms with Crippen molar-refractivity contribution in [2.75, 3.05) is 0 Å². The summed E-state index contributed by atoms with van der Waals surface area (Å²) >= 11 is 0. The Hall–Kier alpha value is -3.89. The number of hydrogen-bond donors (Lipinski definition) is 0. The van der Waals surface area contributed by atoms with Crippen LogP contribution >= 0.6 is 0 Å². The van der Waals surface area contributed by atoms with Crippen molar-refractivity contribution < 1.29 is 21.6 Å². The third-order valence-corrected chi connectivity index (χ3v) is 18.6. The van der Waals surface area contributed by atoms with Gasteiger partial charge in [-0.3, -0.25) is 0 Å². The summed E-state index contributed by atoms with van der Waals surface area (Å²) in [6.07, 6.45) is 16.7. The molecule has 0 radical (unpaired) electrons. The van der Waals surface area contributed by atoms with Crippen LogP contribution in [0.5, 0.6) is 11.5 Å². The zero-order chi connectivity index (χ0) is 39.7. The lowest BCUT2D eigenvalue weighted by molar-refractivity contribution is 0.419. The molecule has 58 heavy (non-hydrogen) atoms. The summed E-state index contributed by atoms with van der Waals surface area (Å²) in [7, 11) is -9.45. The molecular weight excluding hydrogens is 779 g/mol. The zero-order valence-corrected chi connectivity index (χ0v) is 35.6. The molecule has 1 unspecified atom stereocenters. The van der Waals surface area contributed by atoms with E-state index in [0.29, 0.717) is 12.3 Å². The Morgan fingerprint density at radius 3 is 1.67 bits per heavy atom. The van der Waals surface area contributed by atoms with Crippen molar-refractivity contribution in [1.82, 2.24) is 0 Å². The highest BCUT2D eigenvalue weighted by Gasteiger charge is 2.39. The normalized spacial score (nSPS) is 19.6. The molecule has 1 atom stereocenters. The second-order valence-electron chi connectivity index (χ2n) is 16.8. The van der Waals surface area contributed by atoms with Gasteiger partial charge in [-0.25, -0.2) is 16.8 Å². The quantitative estimate of drug-likeness (QED) is 0.128. The van der Waals surface area contributed by atoms with E-state index in [1.54, 1.807) is 12.1 Å². The first-order valence-corrected chi connectivity index (χ1v) is 25.5. The van der Waals surface area contributed by atoms with Crippen molar-refractivity contribution in [2.45, 2.75) is 145 Å². The van der Waals surface area contributed by atoms with Crippen molar-refractivity contribution in [3.05, 3.63) is 141 Å². The lowest BCUT2D eigenvalue weighted by Gasteiger charge is -2.34. The molecule has 0 spiro atoms. The van der Waals surface area contributed by atoms with E-state index in [1.807, 2.05) is 30.3 Å². The molecule has 9 rings (SSSR count). The summed E-state index contributed by atoms with van der Waals surface area (Å²) in [4.78, 5) is 3.54. The van der Waals surface area contributed by atoms with Crippen molar-refractivity contribution in [3.63, 3.8) is 0 Å². The first-order valence-electron chi connectivity index (χ1n) is 21.4. The Morgan fingerprint density at radius 1 is 0.517 bits per heavy atom. The van der Waals surface area contributed by atoms with E-state index in [0.717, 1.165) is 121 Å². The number of sulfonamides is 2. The van der Waals surface area contributed by atoms with E-state index in [2.05, 4.69) is 58.7 Å². The van der Waals surface area contributed by atoms with E-state index >= 15 is 0 Å². The minimum Gasteiger partial charge on any atom is -0.447 e. The van der Waals surface area contributed by atoms with Gasteiger partial charge in [0.1, 0.15) is 30.9 Å². The van der Waals surface area contributed by atoms with E-state index in [4.69, 9.17) is 4.74 Å². The molecule has 0 bridgehead atoms. The molecule has 3 aliphatic carbocycles. The Balaban J connectivity index is 1.01. The molecule has 4 aliphatic rings. The van der Waals surface area contributed by atoms with Crippen LogP contribution in [0.4, 0.5) is 0 Å². The number of ether oxygens (including phenoxy) is 1. The number of nitrogens with zero attached hydrogens (tertiary/aromatic N) is 1. The van der Waals surface area contributed by atoms with Gasteiger partial charge in [0.15, 0.2) is 16.4 Å². The Labute approximate surface area is 348 Å². The summed E-state index contributed by atoms with van der Waals surface area (Å²) in [5.74, 6) is 2.31. The minimum atomic E-state index is -4.56. The van der Waals surface area contributed by atoms with Crippen molar-refractivity contribution in [2.24, 2.45) is 0 Å². The third-order valence-electron chi connectivity index (χ3n) is 12.9. The molecule has 6 nitrogen and oxygen atoms in total. The molecule has 0 aromatic heterocycles. The SMILES string of the molecule is O=S(=O)([N-]S(=O)(=O)c1c(C2CCCCC2)cc(C2CCCCC2)cc1C1CCCCC1)c1ccc(Cc2ccc3c(c2)[S+](c2ccccc2)c2ccccc2O3)cc1. The average Bonchev–Trinajstić information content (AvgIpc) is 3.26. The third kappa shape index (κ3) is 8.29. The number of fused-ring (bicyclic) bond motifs is 2. The Bertz CT molecular complexity index is 2430. The summed E-state index contributed by atoms with van der Waals surface area (Å²) < 4.78 is 67.8. The maximum Gasteiger partial charge on any atom is 0.209 e. The molecule has 0 amide bonds. The second-order valence-corrected chi connectivity index (χ2v) is 22.2. The molecule has 1 heterocycles. The van der Waals surface area contributed by atoms with Gasteiger partial charge in [-0.05, 0) is 133 Å². The molecule has 0 N–H and O–H groups in total. The lowest BCUT2D eigenvalue weighted by Crippen LogP contribution is -2.19. The van der Waals surface area contributed by atoms with Crippen molar-refractivity contribution in [3.8, 4) is 11.5 Å². The maximum atomic E-state index is 14.7. The summed E-state index contributed by atoms with van der Waals surface area (Å²) in [6, 6.07) is 35.8. The number of benzene rings is 5. The molecule has 5 aromatic carbocycles. The van der Waals surface area contributed by atoms with Gasteiger partial charge in [0.25, 0.3) is 0 Å². The van der Waals surface area contributed by atoms with Crippen molar-refractivity contribution in [1.29, 1.82) is 0 Å². The highest BCUT2D eigenvalue weighted by atomic mass is 32.3. The van der Waals surface area contributed by atoms with Gasteiger partial charge < -0.3 is 8.86 Å². The summed E-state index contributed by atoms with van der Waals surface area (Å²) in [5.41, 5.74) is 4.89. The van der Waals surface area contributed by atoms with Crippen LogP contribution in [-0.2, 0) is 37.4 Å². The molecule has 5 aromatic rings. The van der Waals surface area contributed by atoms with E-state index in [1.165, 1.54) is 41.9 Å². The van der Waals surface area contributed by atoms with Crippen LogP contribution in [0, 0.1) is 0 Å². The van der Waals surface area contributed by atoms with Crippen LogP contribution in [-0.4, -0.2) is 16.8 Å². The predicted molar refractivity (Wildman–Crippen MR) is 232 cm³/mol. The Morgan fingerprint density at radius 2 is 1.05 bits per heavy atom. The van der Waals surface area contributed by atoms with Crippen LogP contribution in [0.15, 0.2) is 134 Å². The van der Waals surface area contributed by atoms with Crippen LogP contribution in [0.2, 0.25) is 0 Å². The van der Waals surface area contributed by atoms with Gasteiger partial charge in [0.2, 0.25) is 9.79 Å². The fraction of sp³-hybridized carbons (Fsp3) is 0.388. The second kappa shape index (κ2) is 17.0. The summed E-state index contributed by atoms with van der Waals surface area (Å²) in [5, 5.41) is 0. The molecule has 302 valence electrons. The fourth-order valence-electron chi connectivity index (χ4n) is 9.98. The lowest BCUT2D eigenvalue weighted by atomic mass is 9.76. The topological polar surface area (TPSA) is 91.6 Å². The molecular formula is C49H53NO5S3. The largest absolute Gasteiger partial charge is 0.447 e. The smallest absolute Gasteiger partial charge is 0.209 e. The molecule has 9 heteroatoms. The van der Waals surface area contributed by atoms with E-state index in [9.17, 15) is 16.8 Å². The number of rotatable bonds is 10. The molecule has 0 saturated heterocycles. The number of para-hydroxylation sites is 1. The predicted octanol–water partition coefficient (Wildman–Crippen LogP) is 13.1. The van der Waals surface area contributed by atoms with Crippen LogP contribution in [0.25, 0.3) is 4.13 Å². The minimum absolute atomic E-state index is 0.0926. The van der Waals surface area contributed by atoms with Crippen LogP contribution < -0.4 is 4.74 Å². The highest BCUT2D eigenvalue weighted by Crippen LogP contribution is 2.49.